The molecular formula is C18H16F3N3O2. The van der Waals surface area contributed by atoms with Gasteiger partial charge in [0.15, 0.2) is 11.6 Å². The van der Waals surface area contributed by atoms with Gasteiger partial charge in [-0.25, -0.2) is 18.0 Å². The lowest BCUT2D eigenvalue weighted by Crippen LogP contribution is -2.37. The van der Waals surface area contributed by atoms with Crippen LogP contribution < -0.4 is 10.2 Å². The molecule has 1 N–H and O–H groups in total. The van der Waals surface area contributed by atoms with Crippen LogP contribution in [0.4, 0.5) is 29.3 Å². The maximum atomic E-state index is 13.5. The van der Waals surface area contributed by atoms with Gasteiger partial charge in [0.2, 0.25) is 5.91 Å². The Morgan fingerprint density at radius 1 is 1.04 bits per heavy atom. The van der Waals surface area contributed by atoms with E-state index in [1.54, 1.807) is 13.0 Å². The number of anilines is 2. The van der Waals surface area contributed by atoms with Crippen LogP contribution in [0, 0.1) is 24.4 Å². The van der Waals surface area contributed by atoms with E-state index in [1.807, 2.05) is 0 Å². The first-order chi connectivity index (χ1) is 12.3. The third-order valence-electron chi connectivity index (χ3n) is 4.10. The lowest BCUT2D eigenvalue weighted by Gasteiger charge is -2.18. The van der Waals surface area contributed by atoms with Gasteiger partial charge in [-0.15, -0.1) is 0 Å². The van der Waals surface area contributed by atoms with Crippen LogP contribution in [0.15, 0.2) is 36.4 Å². The molecule has 1 saturated heterocycles. The summed E-state index contributed by atoms with van der Waals surface area (Å²) in [5, 5.41) is 2.53. The van der Waals surface area contributed by atoms with Crippen LogP contribution in [0.5, 0.6) is 0 Å². The van der Waals surface area contributed by atoms with Gasteiger partial charge >= 0.3 is 6.03 Å². The number of amides is 3. The third-order valence-corrected chi connectivity index (χ3v) is 4.10. The Morgan fingerprint density at radius 3 is 2.50 bits per heavy atom. The van der Waals surface area contributed by atoms with Crippen LogP contribution in [0.25, 0.3) is 0 Å². The second-order valence-corrected chi connectivity index (χ2v) is 5.97. The maximum Gasteiger partial charge on any atom is 0.325 e. The first-order valence-electron chi connectivity index (χ1n) is 7.92. The lowest BCUT2D eigenvalue weighted by atomic mass is 10.2. The van der Waals surface area contributed by atoms with Crippen molar-refractivity contribution < 1.29 is 22.8 Å². The Kier molecular flexibility index (Phi) is 4.83. The van der Waals surface area contributed by atoms with Gasteiger partial charge in [-0.05, 0) is 36.8 Å². The Morgan fingerprint density at radius 2 is 1.81 bits per heavy atom. The van der Waals surface area contributed by atoms with Gasteiger partial charge in [0.05, 0.1) is 0 Å². The van der Waals surface area contributed by atoms with Gasteiger partial charge < -0.3 is 10.2 Å². The van der Waals surface area contributed by atoms with Crippen molar-refractivity contribution in [1.82, 2.24) is 4.90 Å². The number of nitrogens with zero attached hydrogens (tertiary/aromatic N) is 2. The summed E-state index contributed by atoms with van der Waals surface area (Å²) < 4.78 is 39.9. The Balaban J connectivity index is 1.63. The number of halogens is 3. The molecule has 1 aliphatic rings. The zero-order valence-electron chi connectivity index (χ0n) is 13.9. The van der Waals surface area contributed by atoms with E-state index in [0.29, 0.717) is 11.3 Å². The van der Waals surface area contributed by atoms with Crippen LogP contribution in [-0.2, 0) is 4.79 Å². The minimum absolute atomic E-state index is 0.220. The number of hydrogen-bond acceptors (Lipinski definition) is 2. The van der Waals surface area contributed by atoms with Gasteiger partial charge in [0.25, 0.3) is 0 Å². The molecule has 0 spiro atoms. The van der Waals surface area contributed by atoms with E-state index >= 15 is 0 Å². The van der Waals surface area contributed by atoms with Crippen LogP contribution in [0.3, 0.4) is 0 Å². The highest BCUT2D eigenvalue weighted by atomic mass is 19.2. The minimum Gasteiger partial charge on any atom is -0.324 e. The van der Waals surface area contributed by atoms with E-state index in [1.165, 1.54) is 28.0 Å². The molecule has 2 aromatic rings. The summed E-state index contributed by atoms with van der Waals surface area (Å²) in [6.07, 6.45) is 0. The summed E-state index contributed by atoms with van der Waals surface area (Å²) >= 11 is 0. The van der Waals surface area contributed by atoms with E-state index in [4.69, 9.17) is 0 Å². The van der Waals surface area contributed by atoms with Crippen molar-refractivity contribution in [3.05, 3.63) is 59.4 Å². The molecular weight excluding hydrogens is 347 g/mol. The third kappa shape index (κ3) is 3.63. The van der Waals surface area contributed by atoms with Crippen molar-refractivity contribution in [2.75, 3.05) is 29.9 Å². The predicted octanol–water partition coefficient (Wildman–Crippen LogP) is 3.29. The van der Waals surface area contributed by atoms with Crippen molar-refractivity contribution in [3.8, 4) is 0 Å². The molecule has 2 aromatic carbocycles. The summed E-state index contributed by atoms with van der Waals surface area (Å²) in [6, 6.07) is 7.00. The Bertz CT molecular complexity index is 873. The fourth-order valence-corrected chi connectivity index (χ4v) is 2.67. The largest absolute Gasteiger partial charge is 0.325 e. The molecule has 5 nitrogen and oxygen atoms in total. The molecule has 3 rings (SSSR count). The second-order valence-electron chi connectivity index (χ2n) is 5.97. The number of aryl methyl sites for hydroxylation is 1. The predicted molar refractivity (Wildman–Crippen MR) is 90.4 cm³/mol. The van der Waals surface area contributed by atoms with Crippen molar-refractivity contribution in [2.24, 2.45) is 0 Å². The highest BCUT2D eigenvalue weighted by Gasteiger charge is 2.31. The summed E-state index contributed by atoms with van der Waals surface area (Å²) in [5.41, 5.74) is 0.972. The number of carbonyl (C=O) groups is 2. The molecule has 0 atom stereocenters. The molecule has 0 bridgehead atoms. The van der Waals surface area contributed by atoms with Crippen molar-refractivity contribution in [3.63, 3.8) is 0 Å². The quantitative estimate of drug-likeness (QED) is 0.906. The molecule has 1 fully saturated rings. The zero-order valence-corrected chi connectivity index (χ0v) is 13.9. The fraction of sp³-hybridized carbons (Fsp3) is 0.222. The molecule has 0 radical (unpaired) electrons. The Hall–Kier alpha value is -3.03. The van der Waals surface area contributed by atoms with E-state index in [9.17, 15) is 22.8 Å². The van der Waals surface area contributed by atoms with Crippen LogP contribution in [0.1, 0.15) is 5.56 Å². The van der Waals surface area contributed by atoms with Crippen LogP contribution in [-0.4, -0.2) is 36.5 Å². The molecule has 1 heterocycles. The Labute approximate surface area is 148 Å². The molecule has 0 unspecified atom stereocenters. The molecule has 8 heteroatoms. The normalized spacial score (nSPS) is 14.1. The molecule has 0 saturated carbocycles. The fourth-order valence-electron chi connectivity index (χ4n) is 2.67. The molecule has 0 aliphatic carbocycles. The number of rotatable bonds is 4. The second kappa shape index (κ2) is 7.07. The number of hydrogen-bond donors (Lipinski definition) is 1. The van der Waals surface area contributed by atoms with E-state index < -0.39 is 29.4 Å². The highest BCUT2D eigenvalue weighted by molar-refractivity contribution is 5.99. The SMILES string of the molecule is Cc1ccc(NC(=O)CN2CCN(c3ccc(F)c(F)c3)C2=O)cc1F. The average Bonchev–Trinajstić information content (AvgIpc) is 2.94. The summed E-state index contributed by atoms with van der Waals surface area (Å²) in [6.45, 7) is 1.88. The zero-order chi connectivity index (χ0) is 18.8. The maximum absolute atomic E-state index is 13.5. The van der Waals surface area contributed by atoms with Gasteiger partial charge in [-0.3, -0.25) is 9.69 Å². The molecule has 0 aromatic heterocycles. The van der Waals surface area contributed by atoms with Gasteiger partial charge in [0, 0.05) is 30.5 Å². The van der Waals surface area contributed by atoms with E-state index in [-0.39, 0.29) is 25.3 Å². The summed E-state index contributed by atoms with van der Waals surface area (Å²) in [4.78, 5) is 27.0. The first-order valence-corrected chi connectivity index (χ1v) is 7.92. The van der Waals surface area contributed by atoms with Gasteiger partial charge in [-0.1, -0.05) is 6.07 Å². The molecule has 3 amide bonds. The van der Waals surface area contributed by atoms with Crippen molar-refractivity contribution >= 4 is 23.3 Å². The standard InChI is InChI=1S/C18H16F3N3O2/c1-11-2-3-12(8-15(11)20)22-17(25)10-23-6-7-24(18(23)26)13-4-5-14(19)16(21)9-13/h2-5,8-9H,6-7,10H2,1H3,(H,22,25). The van der Waals surface area contributed by atoms with Crippen molar-refractivity contribution in [1.29, 1.82) is 0 Å². The van der Waals surface area contributed by atoms with Crippen LogP contribution >= 0.6 is 0 Å². The van der Waals surface area contributed by atoms with E-state index in [2.05, 4.69) is 5.32 Å². The number of benzene rings is 2. The lowest BCUT2D eigenvalue weighted by molar-refractivity contribution is -0.116. The molecule has 1 aliphatic heterocycles. The highest BCUT2D eigenvalue weighted by Crippen LogP contribution is 2.22. The molecule has 136 valence electrons. The average molecular weight is 363 g/mol. The summed E-state index contributed by atoms with van der Waals surface area (Å²) in [5.74, 6) is -2.96. The van der Waals surface area contributed by atoms with E-state index in [0.717, 1.165) is 12.1 Å². The smallest absolute Gasteiger partial charge is 0.324 e. The van der Waals surface area contributed by atoms with Crippen molar-refractivity contribution in [2.45, 2.75) is 6.92 Å². The van der Waals surface area contributed by atoms with Crippen LogP contribution in [0.2, 0.25) is 0 Å². The first kappa shape index (κ1) is 17.8. The van der Waals surface area contributed by atoms with Gasteiger partial charge in [0.1, 0.15) is 12.4 Å². The number of carbonyl (C=O) groups excluding carboxylic acids is 2. The topological polar surface area (TPSA) is 52.7 Å². The van der Waals surface area contributed by atoms with Gasteiger partial charge in [-0.2, -0.15) is 0 Å². The summed E-state index contributed by atoms with van der Waals surface area (Å²) in [7, 11) is 0. The number of nitrogens with one attached hydrogen (secondary N) is 1. The molecule has 26 heavy (non-hydrogen) atoms. The minimum atomic E-state index is -1.05. The monoisotopic (exact) mass is 363 g/mol. The number of urea groups is 1.